The highest BCUT2D eigenvalue weighted by molar-refractivity contribution is 8.14. The number of hydrogen-bond acceptors (Lipinski definition) is 24. The number of anilines is 1. The van der Waals surface area contributed by atoms with Gasteiger partial charge in [0, 0.05) is 30.7 Å². The van der Waals surface area contributed by atoms with Gasteiger partial charge in [0.1, 0.15) is 46.4 Å². The largest absolute Gasteiger partial charge is 0.756 e. The number of allylic oxidation sites excluding steroid dienone is 1. The third-order valence-corrected chi connectivity index (χ3v) is 13.3. The molecule has 7 N–H and O–H groups in total. The Morgan fingerprint density at radius 3 is 2.35 bits per heavy atom. The van der Waals surface area contributed by atoms with E-state index in [0.717, 1.165) is 41.1 Å². The molecule has 0 radical (unpaired) electrons. The SMILES string of the molecule is C/C(=C/C(=O)SCCNC(=O)CCNC(=O)C(O)C(C)(C)COP(=O)([O-])OP(=O)([O-])OCC1OC(n2cnc3c(N)ncnc32)C(O)C1OP(=O)([O-])O)c1ccc(S(=O)(=O)[O-])cc1. The standard InChI is InChI=1S/C31H44N7O20P3S2/c1-17(18-4-6-19(7-5-18)63(51,52)53)12-22(40)62-11-10-33-21(39)8-9-34-29(43)26(42)31(2,3)14-55-61(49,50)58-60(47,48)54-13-20-25(57-59(44,45)46)24(41)30(56-20)38-16-37-23-27(32)35-15-36-28(23)38/h4-7,12,15-16,20,24-26,30,41-42H,8-11,13-14H2,1-3H3,(H,33,39)(H,34,43)(H,47,48)(H,49,50)(H2,32,35,36)(H2,44,45,46)(H,51,52,53)/p-4/b17-12-. The molecule has 1 saturated heterocycles. The Bertz CT molecular complexity index is 2430. The first-order chi connectivity index (χ1) is 29.1. The number of phosphoric ester groups is 3. The Morgan fingerprint density at radius 2 is 1.71 bits per heavy atom. The molecule has 63 heavy (non-hydrogen) atoms. The zero-order valence-electron chi connectivity index (χ0n) is 33.0. The van der Waals surface area contributed by atoms with E-state index in [2.05, 4.69) is 43.5 Å². The fourth-order valence-electron chi connectivity index (χ4n) is 5.45. The van der Waals surface area contributed by atoms with E-state index >= 15 is 0 Å². The lowest BCUT2D eigenvalue weighted by Gasteiger charge is -2.35. The number of carbonyl (C=O) groups is 3. The average Bonchev–Trinajstić information content (AvgIpc) is 3.74. The van der Waals surface area contributed by atoms with Gasteiger partial charge in [-0.2, -0.15) is 0 Å². The number of phosphoric acid groups is 3. The lowest BCUT2D eigenvalue weighted by Crippen LogP contribution is -2.46. The van der Waals surface area contributed by atoms with Crippen LogP contribution in [0.3, 0.4) is 0 Å². The molecule has 3 aromatic rings. The van der Waals surface area contributed by atoms with Gasteiger partial charge in [-0.3, -0.25) is 32.6 Å². The summed E-state index contributed by atoms with van der Waals surface area (Å²) >= 11 is 0.869. The van der Waals surface area contributed by atoms with Crippen LogP contribution in [0.2, 0.25) is 0 Å². The van der Waals surface area contributed by atoms with E-state index in [0.29, 0.717) is 11.1 Å². The predicted molar refractivity (Wildman–Crippen MR) is 208 cm³/mol. The van der Waals surface area contributed by atoms with Crippen LogP contribution in [-0.2, 0) is 60.8 Å². The van der Waals surface area contributed by atoms with Crippen molar-refractivity contribution < 1.29 is 93.5 Å². The number of rotatable bonds is 22. The highest BCUT2D eigenvalue weighted by atomic mass is 32.2. The summed E-state index contributed by atoms with van der Waals surface area (Å²) in [5.41, 5.74) is 5.03. The topological polar surface area (TPSA) is 429 Å². The molecule has 0 saturated carbocycles. The minimum absolute atomic E-state index is 0.0222. The Morgan fingerprint density at radius 1 is 1.06 bits per heavy atom. The van der Waals surface area contributed by atoms with Crippen molar-refractivity contribution in [3.8, 4) is 0 Å². The fraction of sp³-hybridized carbons (Fsp3) is 0.484. The summed E-state index contributed by atoms with van der Waals surface area (Å²) in [6.07, 6.45) is -6.34. The van der Waals surface area contributed by atoms with Crippen molar-refractivity contribution in [2.24, 2.45) is 5.41 Å². The molecule has 1 fully saturated rings. The molecule has 8 atom stereocenters. The predicted octanol–water partition coefficient (Wildman–Crippen LogP) is -2.22. The van der Waals surface area contributed by atoms with Crippen molar-refractivity contribution in [2.75, 3.05) is 37.8 Å². The van der Waals surface area contributed by atoms with Crippen molar-refractivity contribution >= 4 is 84.8 Å². The van der Waals surface area contributed by atoms with Crippen molar-refractivity contribution in [1.82, 2.24) is 30.2 Å². The van der Waals surface area contributed by atoms with Gasteiger partial charge in [-0.05, 0) is 36.3 Å². The number of thioether (sulfide) groups is 1. The summed E-state index contributed by atoms with van der Waals surface area (Å²) in [5, 5.41) is 25.8. The Hall–Kier alpha value is -3.57. The average molecular weight is 988 g/mol. The van der Waals surface area contributed by atoms with E-state index in [9.17, 15) is 70.8 Å². The third kappa shape index (κ3) is 15.3. The maximum absolute atomic E-state index is 12.6. The number of imidazole rings is 1. The van der Waals surface area contributed by atoms with Crippen molar-refractivity contribution in [3.63, 3.8) is 0 Å². The van der Waals surface area contributed by atoms with Crippen LogP contribution in [0.25, 0.3) is 16.7 Å². The quantitative estimate of drug-likeness (QED) is 0.0269. The number of aliphatic hydroxyl groups excluding tert-OH is 2. The van der Waals surface area contributed by atoms with Gasteiger partial charge in [0.05, 0.1) is 24.4 Å². The smallest absolute Gasteiger partial charge is 0.274 e. The van der Waals surface area contributed by atoms with Crippen LogP contribution in [-0.4, -0.2) is 121 Å². The molecule has 3 heterocycles. The second-order valence-electron chi connectivity index (χ2n) is 14.0. The summed E-state index contributed by atoms with van der Waals surface area (Å²) in [6.45, 7) is 1.40. The molecule has 8 unspecified atom stereocenters. The number of nitrogens with zero attached hydrogens (tertiary/aromatic N) is 4. The number of nitrogen functional groups attached to an aromatic ring is 1. The first-order valence-electron chi connectivity index (χ1n) is 17.8. The Labute approximate surface area is 362 Å². The minimum Gasteiger partial charge on any atom is -0.756 e. The molecule has 0 spiro atoms. The fourth-order valence-corrected chi connectivity index (χ4v) is 9.33. The number of nitrogens with two attached hydrogens (primary N) is 1. The number of amides is 2. The summed E-state index contributed by atoms with van der Waals surface area (Å²) in [5.74, 6) is -1.53. The molecule has 27 nitrogen and oxygen atoms in total. The monoisotopic (exact) mass is 987 g/mol. The van der Waals surface area contributed by atoms with Crippen LogP contribution in [0, 0.1) is 5.41 Å². The molecule has 32 heteroatoms. The molecule has 350 valence electrons. The lowest BCUT2D eigenvalue weighted by molar-refractivity contribution is -0.247. The van der Waals surface area contributed by atoms with Gasteiger partial charge in [0.25, 0.3) is 23.5 Å². The van der Waals surface area contributed by atoms with E-state index < -0.39 is 99.6 Å². The number of fused-ring (bicyclic) bond motifs is 1. The van der Waals surface area contributed by atoms with Gasteiger partial charge in [-0.1, -0.05) is 37.7 Å². The molecule has 1 aliphatic heterocycles. The second-order valence-corrected chi connectivity index (χ2v) is 20.6. The molecule has 2 aromatic heterocycles. The van der Waals surface area contributed by atoms with Crippen molar-refractivity contribution in [3.05, 3.63) is 48.6 Å². The van der Waals surface area contributed by atoms with E-state index in [1.807, 2.05) is 0 Å². The summed E-state index contributed by atoms with van der Waals surface area (Å²) < 4.78 is 94.1. The molecule has 0 bridgehead atoms. The van der Waals surface area contributed by atoms with E-state index in [1.54, 1.807) is 6.92 Å². The van der Waals surface area contributed by atoms with Crippen LogP contribution >= 0.6 is 35.2 Å². The summed E-state index contributed by atoms with van der Waals surface area (Å²) in [7, 11) is -22.0. The van der Waals surface area contributed by atoms with Gasteiger partial charge in [-0.25, -0.2) is 27.7 Å². The molecular formula is C31H40N7O20P3S2-4. The number of aliphatic hydroxyl groups is 2. The molecule has 0 aliphatic carbocycles. The van der Waals surface area contributed by atoms with Gasteiger partial charge in [0.2, 0.25) is 16.9 Å². The zero-order chi connectivity index (χ0) is 47.1. The number of hydrogen-bond donors (Lipinski definition) is 6. The molecule has 1 aromatic carbocycles. The lowest BCUT2D eigenvalue weighted by atomic mass is 9.87. The Balaban J connectivity index is 1.20. The van der Waals surface area contributed by atoms with Crippen LogP contribution in [0.1, 0.15) is 39.0 Å². The third-order valence-electron chi connectivity index (χ3n) is 8.66. The number of benzene rings is 1. The van der Waals surface area contributed by atoms with Crippen LogP contribution in [0.15, 0.2) is 47.9 Å². The molecule has 1 aliphatic rings. The summed E-state index contributed by atoms with van der Waals surface area (Å²) in [4.78, 5) is 94.2. The van der Waals surface area contributed by atoms with Gasteiger partial charge in [-0.15, -0.1) is 0 Å². The van der Waals surface area contributed by atoms with Gasteiger partial charge >= 0.3 is 0 Å². The molecule has 2 amide bonds. The maximum atomic E-state index is 12.6. The van der Waals surface area contributed by atoms with E-state index in [1.165, 1.54) is 32.1 Å². The van der Waals surface area contributed by atoms with Crippen LogP contribution < -0.4 is 31.0 Å². The summed E-state index contributed by atoms with van der Waals surface area (Å²) in [6, 6.07) is 5.00. The van der Waals surface area contributed by atoms with Crippen LogP contribution in [0.5, 0.6) is 0 Å². The normalized spacial score (nSPS) is 21.8. The minimum atomic E-state index is -5.93. The highest BCUT2D eigenvalue weighted by Gasteiger charge is 2.48. The number of aromatic nitrogens is 4. The van der Waals surface area contributed by atoms with Crippen LogP contribution in [0.4, 0.5) is 5.82 Å². The first-order valence-corrected chi connectivity index (χ1v) is 24.7. The number of nitrogens with one attached hydrogen (secondary N) is 2. The number of ether oxygens (including phenoxy) is 1. The molecular weight excluding hydrogens is 947 g/mol. The number of carbonyl (C=O) groups excluding carboxylic acids is 3. The van der Waals surface area contributed by atoms with Crippen molar-refractivity contribution in [2.45, 2.75) is 62.7 Å². The molecule has 4 rings (SSSR count). The first kappa shape index (κ1) is 52.1. The van der Waals surface area contributed by atoms with E-state index in [4.69, 9.17) is 10.5 Å². The van der Waals surface area contributed by atoms with Gasteiger partial charge < -0.3 is 69.0 Å². The zero-order valence-corrected chi connectivity index (χ0v) is 37.3. The van der Waals surface area contributed by atoms with E-state index in [-0.39, 0.29) is 47.4 Å². The van der Waals surface area contributed by atoms with Crippen molar-refractivity contribution in [1.29, 1.82) is 0 Å². The Kier molecular flexibility index (Phi) is 17.5. The van der Waals surface area contributed by atoms with Gasteiger partial charge in [0.15, 0.2) is 17.7 Å². The highest BCUT2D eigenvalue weighted by Crippen LogP contribution is 2.56. The maximum Gasteiger partial charge on any atom is 0.274 e. The second kappa shape index (κ2) is 21.2.